The van der Waals surface area contributed by atoms with Crippen LogP contribution >= 0.6 is 11.6 Å². The first-order chi connectivity index (χ1) is 8.63. The number of nitrogens with zero attached hydrogens (tertiary/aromatic N) is 2. The number of hydrogen-bond acceptors (Lipinski definition) is 2. The predicted molar refractivity (Wildman–Crippen MR) is 74.7 cm³/mol. The highest BCUT2D eigenvalue weighted by molar-refractivity contribution is 6.30. The Morgan fingerprint density at radius 2 is 2.22 bits per heavy atom. The van der Waals surface area contributed by atoms with Gasteiger partial charge in [-0.2, -0.15) is 5.10 Å². The molecule has 96 valence electrons. The lowest BCUT2D eigenvalue weighted by atomic mass is 10.1. The van der Waals surface area contributed by atoms with E-state index in [1.807, 2.05) is 42.3 Å². The number of hydrogen-bond donors (Lipinski definition) is 1. The second-order valence-electron chi connectivity index (χ2n) is 4.64. The van der Waals surface area contributed by atoms with Gasteiger partial charge in [0.2, 0.25) is 0 Å². The van der Waals surface area contributed by atoms with E-state index in [1.165, 1.54) is 11.1 Å². The van der Waals surface area contributed by atoms with Gasteiger partial charge in [0.05, 0.1) is 6.20 Å². The van der Waals surface area contributed by atoms with E-state index in [0.717, 1.165) is 18.0 Å². The summed E-state index contributed by atoms with van der Waals surface area (Å²) < 4.78 is 1.82. The maximum absolute atomic E-state index is 5.97. The van der Waals surface area contributed by atoms with E-state index in [-0.39, 0.29) is 0 Å². The average molecular weight is 264 g/mol. The summed E-state index contributed by atoms with van der Waals surface area (Å²) in [5, 5.41) is 8.43. The van der Waals surface area contributed by atoms with E-state index in [9.17, 15) is 0 Å². The summed E-state index contributed by atoms with van der Waals surface area (Å²) in [4.78, 5) is 0. The first kappa shape index (κ1) is 13.1. The van der Waals surface area contributed by atoms with E-state index in [4.69, 9.17) is 11.6 Å². The van der Waals surface area contributed by atoms with Crippen molar-refractivity contribution in [3.8, 4) is 0 Å². The molecule has 0 saturated carbocycles. The fraction of sp³-hybridized carbons (Fsp3) is 0.357. The first-order valence-electron chi connectivity index (χ1n) is 6.09. The lowest BCUT2D eigenvalue weighted by Crippen LogP contribution is -2.27. The lowest BCUT2D eigenvalue weighted by molar-refractivity contribution is 0.545. The molecule has 0 aliphatic carbocycles. The first-order valence-corrected chi connectivity index (χ1v) is 6.46. The van der Waals surface area contributed by atoms with Crippen molar-refractivity contribution >= 4 is 11.6 Å². The normalized spacial score (nSPS) is 12.6. The van der Waals surface area contributed by atoms with Gasteiger partial charge < -0.3 is 5.32 Å². The summed E-state index contributed by atoms with van der Waals surface area (Å²) in [5.74, 6) is 0. The molecule has 1 N–H and O–H groups in total. The highest BCUT2D eigenvalue weighted by Gasteiger charge is 2.04. The van der Waals surface area contributed by atoms with Gasteiger partial charge in [0, 0.05) is 36.4 Å². The highest BCUT2D eigenvalue weighted by atomic mass is 35.5. The molecule has 3 nitrogen and oxygen atoms in total. The Bertz CT molecular complexity index is 507. The predicted octanol–water partition coefficient (Wildman–Crippen LogP) is 2.79. The Morgan fingerprint density at radius 3 is 2.89 bits per heavy atom. The fourth-order valence-corrected chi connectivity index (χ4v) is 2.16. The van der Waals surface area contributed by atoms with Crippen LogP contribution < -0.4 is 5.32 Å². The zero-order valence-electron chi connectivity index (χ0n) is 10.7. The Kier molecular flexibility index (Phi) is 4.39. The smallest absolute Gasteiger partial charge is 0.0534 e. The molecule has 0 saturated heterocycles. The standard InChI is InChI=1S/C14H18ClN3/c1-11(6-12-4-3-5-14(15)7-12)16-8-13-9-17-18(2)10-13/h3-5,7,9-11,16H,6,8H2,1-2H3. The summed E-state index contributed by atoms with van der Waals surface area (Å²) in [7, 11) is 1.93. The van der Waals surface area contributed by atoms with Gasteiger partial charge in [0.15, 0.2) is 0 Å². The van der Waals surface area contributed by atoms with Crippen molar-refractivity contribution < 1.29 is 0 Å². The number of nitrogens with one attached hydrogen (secondary N) is 1. The summed E-state index contributed by atoms with van der Waals surface area (Å²) in [6, 6.07) is 8.42. The molecule has 2 rings (SSSR count). The van der Waals surface area contributed by atoms with Crippen molar-refractivity contribution in [2.75, 3.05) is 0 Å². The molecule has 2 aromatic rings. The maximum atomic E-state index is 5.97. The highest BCUT2D eigenvalue weighted by Crippen LogP contribution is 2.12. The number of aryl methyl sites for hydroxylation is 1. The summed E-state index contributed by atoms with van der Waals surface area (Å²) in [5.41, 5.74) is 2.46. The Balaban J connectivity index is 1.83. The van der Waals surface area contributed by atoms with Crippen LogP contribution in [0.3, 0.4) is 0 Å². The van der Waals surface area contributed by atoms with Gasteiger partial charge in [-0.15, -0.1) is 0 Å². The molecule has 0 aliphatic heterocycles. The van der Waals surface area contributed by atoms with Crippen molar-refractivity contribution in [3.05, 3.63) is 52.8 Å². The van der Waals surface area contributed by atoms with Gasteiger partial charge in [-0.25, -0.2) is 0 Å². The second-order valence-corrected chi connectivity index (χ2v) is 5.07. The van der Waals surface area contributed by atoms with E-state index in [1.54, 1.807) is 0 Å². The van der Waals surface area contributed by atoms with Crippen LogP contribution in [0.25, 0.3) is 0 Å². The molecule has 4 heteroatoms. The van der Waals surface area contributed by atoms with Crippen LogP contribution in [0.5, 0.6) is 0 Å². The van der Waals surface area contributed by atoms with Crippen LogP contribution in [-0.2, 0) is 20.0 Å². The molecular formula is C14H18ClN3. The van der Waals surface area contributed by atoms with Crippen LogP contribution in [0.2, 0.25) is 5.02 Å². The largest absolute Gasteiger partial charge is 0.310 e. The van der Waals surface area contributed by atoms with Crippen molar-refractivity contribution in [2.45, 2.75) is 25.9 Å². The minimum atomic E-state index is 0.406. The third-order valence-corrected chi connectivity index (χ3v) is 3.08. The Morgan fingerprint density at radius 1 is 1.39 bits per heavy atom. The molecule has 1 aromatic carbocycles. The Labute approximate surface area is 113 Å². The monoisotopic (exact) mass is 263 g/mol. The van der Waals surface area contributed by atoms with Crippen LogP contribution in [-0.4, -0.2) is 15.8 Å². The summed E-state index contributed by atoms with van der Waals surface area (Å²) in [6.45, 7) is 3.02. The van der Waals surface area contributed by atoms with E-state index in [2.05, 4.69) is 23.4 Å². The van der Waals surface area contributed by atoms with Crippen molar-refractivity contribution in [1.29, 1.82) is 0 Å². The summed E-state index contributed by atoms with van der Waals surface area (Å²) in [6.07, 6.45) is 4.89. The van der Waals surface area contributed by atoms with Gasteiger partial charge in [-0.1, -0.05) is 23.7 Å². The number of aromatic nitrogens is 2. The lowest BCUT2D eigenvalue weighted by Gasteiger charge is -2.13. The van der Waals surface area contributed by atoms with Crippen LogP contribution in [0.15, 0.2) is 36.7 Å². The SMILES string of the molecule is CC(Cc1cccc(Cl)c1)NCc1cnn(C)c1. The van der Waals surface area contributed by atoms with E-state index < -0.39 is 0 Å². The molecule has 1 atom stereocenters. The molecule has 0 amide bonds. The molecular weight excluding hydrogens is 246 g/mol. The fourth-order valence-electron chi connectivity index (χ4n) is 1.94. The zero-order chi connectivity index (χ0) is 13.0. The topological polar surface area (TPSA) is 29.9 Å². The van der Waals surface area contributed by atoms with Crippen LogP contribution in [0, 0.1) is 0 Å². The molecule has 0 spiro atoms. The third kappa shape index (κ3) is 3.86. The van der Waals surface area contributed by atoms with Crippen LogP contribution in [0.4, 0.5) is 0 Å². The minimum absolute atomic E-state index is 0.406. The maximum Gasteiger partial charge on any atom is 0.0534 e. The van der Waals surface area contributed by atoms with Gasteiger partial charge in [-0.05, 0) is 31.0 Å². The third-order valence-electron chi connectivity index (χ3n) is 2.84. The van der Waals surface area contributed by atoms with Crippen molar-refractivity contribution in [2.24, 2.45) is 7.05 Å². The number of rotatable bonds is 5. The molecule has 18 heavy (non-hydrogen) atoms. The molecule has 0 fully saturated rings. The molecule has 1 aromatic heterocycles. The zero-order valence-corrected chi connectivity index (χ0v) is 11.5. The van der Waals surface area contributed by atoms with Gasteiger partial charge in [-0.3, -0.25) is 4.68 Å². The van der Waals surface area contributed by atoms with Gasteiger partial charge in [0.25, 0.3) is 0 Å². The Hall–Kier alpha value is -1.32. The van der Waals surface area contributed by atoms with Gasteiger partial charge in [0.1, 0.15) is 0 Å². The molecule has 0 aliphatic rings. The molecule has 0 bridgehead atoms. The van der Waals surface area contributed by atoms with Crippen molar-refractivity contribution in [3.63, 3.8) is 0 Å². The number of halogens is 1. The second kappa shape index (κ2) is 6.03. The molecule has 0 radical (unpaired) electrons. The summed E-state index contributed by atoms with van der Waals surface area (Å²) >= 11 is 5.97. The molecule has 1 unspecified atom stereocenters. The number of benzene rings is 1. The van der Waals surface area contributed by atoms with Crippen LogP contribution in [0.1, 0.15) is 18.1 Å². The van der Waals surface area contributed by atoms with Crippen molar-refractivity contribution in [1.82, 2.24) is 15.1 Å². The van der Waals surface area contributed by atoms with E-state index in [0.29, 0.717) is 6.04 Å². The van der Waals surface area contributed by atoms with Gasteiger partial charge >= 0.3 is 0 Å². The quantitative estimate of drug-likeness (QED) is 0.899. The average Bonchev–Trinajstić information content (AvgIpc) is 2.73. The minimum Gasteiger partial charge on any atom is -0.310 e. The molecule has 1 heterocycles. The van der Waals surface area contributed by atoms with E-state index >= 15 is 0 Å².